The van der Waals surface area contributed by atoms with Crippen molar-refractivity contribution in [1.82, 2.24) is 0 Å². The number of hydrogen-bond donors (Lipinski definition) is 1. The molecule has 2 rings (SSSR count). The number of carbonyl (C=O) groups is 1. The van der Waals surface area contributed by atoms with Gasteiger partial charge in [-0.15, -0.1) is 0 Å². The zero-order valence-corrected chi connectivity index (χ0v) is 11.3. The van der Waals surface area contributed by atoms with Crippen LogP contribution >= 0.6 is 0 Å². The second-order valence-corrected chi connectivity index (χ2v) is 5.35. The van der Waals surface area contributed by atoms with Crippen LogP contribution in [0.25, 0.3) is 0 Å². The first-order valence-corrected chi connectivity index (χ1v) is 6.64. The predicted octanol–water partition coefficient (Wildman–Crippen LogP) is 2.68. The number of aliphatic hydroxyl groups excluding tert-OH is 1. The average molecular weight is 247 g/mol. The van der Waals surface area contributed by atoms with Crippen molar-refractivity contribution >= 4 is 11.6 Å². The summed E-state index contributed by atoms with van der Waals surface area (Å²) in [7, 11) is 0. The summed E-state index contributed by atoms with van der Waals surface area (Å²) in [6.45, 7) is 6.88. The third-order valence-electron chi connectivity index (χ3n) is 3.43. The summed E-state index contributed by atoms with van der Waals surface area (Å²) in [4.78, 5) is 13.6. The van der Waals surface area contributed by atoms with E-state index in [4.69, 9.17) is 0 Å². The van der Waals surface area contributed by atoms with E-state index in [9.17, 15) is 9.90 Å². The van der Waals surface area contributed by atoms with Gasteiger partial charge in [-0.1, -0.05) is 26.0 Å². The molecule has 0 aromatic heterocycles. The van der Waals surface area contributed by atoms with E-state index in [1.807, 2.05) is 25.1 Å². The van der Waals surface area contributed by atoms with Crippen LogP contribution in [0.3, 0.4) is 0 Å². The summed E-state index contributed by atoms with van der Waals surface area (Å²) in [5, 5.41) is 10.1. The molecule has 1 unspecified atom stereocenters. The van der Waals surface area contributed by atoms with Crippen LogP contribution < -0.4 is 4.90 Å². The van der Waals surface area contributed by atoms with Crippen molar-refractivity contribution in [3.05, 3.63) is 29.3 Å². The van der Waals surface area contributed by atoms with Crippen LogP contribution in [0.2, 0.25) is 0 Å². The van der Waals surface area contributed by atoms with E-state index in [0.29, 0.717) is 18.9 Å². The SMILES string of the molecule is CCN1C(=O)Cc2cc(C(O)CC(C)C)ccc21. The highest BCUT2D eigenvalue weighted by atomic mass is 16.3. The quantitative estimate of drug-likeness (QED) is 0.888. The molecule has 1 N–H and O–H groups in total. The zero-order valence-electron chi connectivity index (χ0n) is 11.3. The Balaban J connectivity index is 2.24. The first-order chi connectivity index (χ1) is 8.52. The van der Waals surface area contributed by atoms with Gasteiger partial charge in [0.15, 0.2) is 0 Å². The Kier molecular flexibility index (Phi) is 3.71. The van der Waals surface area contributed by atoms with Gasteiger partial charge in [-0.05, 0) is 36.5 Å². The Bertz CT molecular complexity index is 454. The Morgan fingerprint density at radius 2 is 2.11 bits per heavy atom. The summed E-state index contributed by atoms with van der Waals surface area (Å²) in [5.74, 6) is 0.616. The minimum Gasteiger partial charge on any atom is -0.388 e. The van der Waals surface area contributed by atoms with Gasteiger partial charge in [0.2, 0.25) is 5.91 Å². The largest absolute Gasteiger partial charge is 0.388 e. The molecule has 0 radical (unpaired) electrons. The van der Waals surface area contributed by atoms with E-state index >= 15 is 0 Å². The fourth-order valence-corrected chi connectivity index (χ4v) is 2.54. The molecular formula is C15H21NO2. The maximum atomic E-state index is 11.8. The smallest absolute Gasteiger partial charge is 0.231 e. The lowest BCUT2D eigenvalue weighted by Gasteiger charge is -2.17. The van der Waals surface area contributed by atoms with E-state index in [1.54, 1.807) is 4.90 Å². The number of carbonyl (C=O) groups excluding carboxylic acids is 1. The number of nitrogens with zero attached hydrogens (tertiary/aromatic N) is 1. The standard InChI is InChI=1S/C15H21NO2/c1-4-16-13-6-5-11(14(17)7-10(2)3)8-12(13)9-15(16)18/h5-6,8,10,14,17H,4,7,9H2,1-3H3. The van der Waals surface area contributed by atoms with Crippen molar-refractivity contribution in [2.75, 3.05) is 11.4 Å². The van der Waals surface area contributed by atoms with Crippen molar-refractivity contribution < 1.29 is 9.90 Å². The van der Waals surface area contributed by atoms with Gasteiger partial charge in [-0.25, -0.2) is 0 Å². The Hall–Kier alpha value is -1.35. The minimum atomic E-state index is -0.430. The van der Waals surface area contributed by atoms with E-state index in [2.05, 4.69) is 13.8 Å². The summed E-state index contributed by atoms with van der Waals surface area (Å²) in [6.07, 6.45) is 0.788. The molecule has 0 bridgehead atoms. The van der Waals surface area contributed by atoms with Crippen molar-refractivity contribution in [2.45, 2.75) is 39.7 Å². The fourth-order valence-electron chi connectivity index (χ4n) is 2.54. The molecule has 1 amide bonds. The van der Waals surface area contributed by atoms with Crippen molar-refractivity contribution in [3.63, 3.8) is 0 Å². The lowest BCUT2D eigenvalue weighted by atomic mass is 9.97. The lowest BCUT2D eigenvalue weighted by molar-refractivity contribution is -0.117. The molecule has 0 spiro atoms. The molecule has 1 atom stereocenters. The molecule has 1 aliphatic heterocycles. The summed E-state index contributed by atoms with van der Waals surface area (Å²) in [5.41, 5.74) is 2.97. The second-order valence-electron chi connectivity index (χ2n) is 5.35. The second kappa shape index (κ2) is 5.11. The minimum absolute atomic E-state index is 0.156. The number of rotatable bonds is 4. The van der Waals surface area contributed by atoms with Crippen LogP contribution in [0, 0.1) is 5.92 Å². The molecule has 0 fully saturated rings. The summed E-state index contributed by atoms with van der Waals surface area (Å²) in [6, 6.07) is 5.88. The summed E-state index contributed by atoms with van der Waals surface area (Å²) >= 11 is 0. The van der Waals surface area contributed by atoms with Crippen molar-refractivity contribution in [3.8, 4) is 0 Å². The molecule has 98 valence electrons. The molecular weight excluding hydrogens is 226 g/mol. The number of anilines is 1. The molecule has 1 aromatic rings. The fraction of sp³-hybridized carbons (Fsp3) is 0.533. The normalized spacial score (nSPS) is 16.3. The van der Waals surface area contributed by atoms with Gasteiger partial charge in [0.1, 0.15) is 0 Å². The van der Waals surface area contributed by atoms with Gasteiger partial charge in [0, 0.05) is 12.2 Å². The molecule has 0 saturated carbocycles. The first kappa shape index (κ1) is 13.1. The van der Waals surface area contributed by atoms with Crippen LogP contribution in [0.4, 0.5) is 5.69 Å². The maximum Gasteiger partial charge on any atom is 0.231 e. The van der Waals surface area contributed by atoms with Crippen LogP contribution in [-0.4, -0.2) is 17.6 Å². The van der Waals surface area contributed by atoms with E-state index in [1.165, 1.54) is 0 Å². The Morgan fingerprint density at radius 1 is 1.39 bits per heavy atom. The van der Waals surface area contributed by atoms with Crippen LogP contribution in [0.15, 0.2) is 18.2 Å². The molecule has 0 aliphatic carbocycles. The highest BCUT2D eigenvalue weighted by Crippen LogP contribution is 2.32. The zero-order chi connectivity index (χ0) is 13.3. The Labute approximate surface area is 108 Å². The average Bonchev–Trinajstić information content (AvgIpc) is 2.62. The number of fused-ring (bicyclic) bond motifs is 1. The van der Waals surface area contributed by atoms with Crippen LogP contribution in [0.5, 0.6) is 0 Å². The topological polar surface area (TPSA) is 40.5 Å². The molecule has 1 aliphatic rings. The highest BCUT2D eigenvalue weighted by Gasteiger charge is 2.26. The van der Waals surface area contributed by atoms with Crippen molar-refractivity contribution in [2.24, 2.45) is 5.92 Å². The highest BCUT2D eigenvalue weighted by molar-refractivity contribution is 6.01. The number of hydrogen-bond acceptors (Lipinski definition) is 2. The Morgan fingerprint density at radius 3 is 2.72 bits per heavy atom. The van der Waals surface area contributed by atoms with Gasteiger partial charge in [-0.3, -0.25) is 4.79 Å². The monoisotopic (exact) mass is 247 g/mol. The molecule has 3 nitrogen and oxygen atoms in total. The number of benzene rings is 1. The van der Waals surface area contributed by atoms with Crippen LogP contribution in [0.1, 0.15) is 44.4 Å². The lowest BCUT2D eigenvalue weighted by Crippen LogP contribution is -2.25. The van der Waals surface area contributed by atoms with Gasteiger partial charge >= 0.3 is 0 Å². The van der Waals surface area contributed by atoms with Gasteiger partial charge in [-0.2, -0.15) is 0 Å². The van der Waals surface area contributed by atoms with Crippen molar-refractivity contribution in [1.29, 1.82) is 0 Å². The van der Waals surface area contributed by atoms with E-state index in [-0.39, 0.29) is 5.91 Å². The van der Waals surface area contributed by atoms with Gasteiger partial charge in [0.05, 0.1) is 12.5 Å². The van der Waals surface area contributed by atoms with Gasteiger partial charge in [0.25, 0.3) is 0 Å². The number of amides is 1. The third kappa shape index (κ3) is 2.41. The number of aliphatic hydroxyl groups is 1. The molecule has 1 aromatic carbocycles. The molecule has 1 heterocycles. The summed E-state index contributed by atoms with van der Waals surface area (Å²) < 4.78 is 0. The number of likely N-dealkylation sites (N-methyl/N-ethyl adjacent to an activating group) is 1. The van der Waals surface area contributed by atoms with Gasteiger partial charge < -0.3 is 10.0 Å². The van der Waals surface area contributed by atoms with Crippen LogP contribution in [-0.2, 0) is 11.2 Å². The van der Waals surface area contributed by atoms with E-state index < -0.39 is 6.10 Å². The molecule has 0 saturated heterocycles. The van der Waals surface area contributed by atoms with E-state index in [0.717, 1.165) is 23.2 Å². The first-order valence-electron chi connectivity index (χ1n) is 6.64. The molecule has 3 heteroatoms. The third-order valence-corrected chi connectivity index (χ3v) is 3.43. The predicted molar refractivity (Wildman–Crippen MR) is 72.6 cm³/mol. The maximum absolute atomic E-state index is 11.8. The molecule has 18 heavy (non-hydrogen) atoms.